The predicted octanol–water partition coefficient (Wildman–Crippen LogP) is 7.34. The van der Waals surface area contributed by atoms with E-state index in [9.17, 15) is 0 Å². The average Bonchev–Trinajstić information content (AvgIpc) is 2.87. The standard InChI is InChI=1S/C13H9.C5H13OSi.C4H10N.CH3.CH2.2ClH.Ti/c1-3-7-12-10(5-1)9-11-6-2-4-8-13(11)12;1-5-6-7(2,3)4;1-4(2,3)5;;;;;/h1-9H;1,5H2,2-4H3;5H,1-3H3;1H3;1H2;2*1H;/q;;-1;;;;;+1. The van der Waals surface area contributed by atoms with Crippen LogP contribution in [0.5, 0.6) is 0 Å². The van der Waals surface area contributed by atoms with Crippen LogP contribution in [-0.2, 0) is 19.5 Å². The molecule has 0 aliphatic heterocycles. The van der Waals surface area contributed by atoms with Crippen molar-refractivity contribution in [1.29, 1.82) is 0 Å². The van der Waals surface area contributed by atoms with Crippen LogP contribution < -0.4 is 3.80 Å². The zero-order chi connectivity index (χ0) is 20.8. The zero-order valence-electron chi connectivity index (χ0n) is 19.5. The summed E-state index contributed by atoms with van der Waals surface area (Å²) in [5.41, 5.74) is 5.67. The summed E-state index contributed by atoms with van der Waals surface area (Å²) in [5, 5.41) is 2.49. The first-order valence-corrected chi connectivity index (χ1v) is 19.3. The van der Waals surface area contributed by atoms with Gasteiger partial charge in [-0.2, -0.15) is 0 Å². The van der Waals surface area contributed by atoms with Gasteiger partial charge in [0.05, 0.1) is 0 Å². The van der Waals surface area contributed by atoms with Crippen LogP contribution in [0.1, 0.15) is 36.1 Å². The van der Waals surface area contributed by atoms with Crippen molar-refractivity contribution in [1.82, 2.24) is 3.80 Å². The van der Waals surface area contributed by atoms with Crippen LogP contribution in [-0.4, -0.2) is 25.3 Å². The van der Waals surface area contributed by atoms with Gasteiger partial charge in [-0.15, -0.1) is 24.8 Å². The van der Waals surface area contributed by atoms with Crippen molar-refractivity contribution in [2.75, 3.05) is 6.61 Å². The van der Waals surface area contributed by atoms with Crippen LogP contribution in [0.4, 0.5) is 0 Å². The molecule has 0 aromatic heterocycles. The second kappa shape index (κ2) is 9.31. The minimum atomic E-state index is -3.52. The van der Waals surface area contributed by atoms with Crippen LogP contribution in [0.25, 0.3) is 11.1 Å². The van der Waals surface area contributed by atoms with Crippen LogP contribution in [0.15, 0.2) is 48.5 Å². The molecule has 1 aliphatic carbocycles. The van der Waals surface area contributed by atoms with Crippen molar-refractivity contribution in [3.8, 4) is 11.1 Å². The number of hydrogen-bond acceptors (Lipinski definition) is 2. The Labute approximate surface area is 197 Å². The molecule has 2 nitrogen and oxygen atoms in total. The van der Waals surface area contributed by atoms with Gasteiger partial charge in [0.2, 0.25) is 0 Å². The van der Waals surface area contributed by atoms with Crippen molar-refractivity contribution in [2.24, 2.45) is 0 Å². The fraction of sp³-hybridized carbons (Fsp3) is 0.458. The second-order valence-corrected chi connectivity index (χ2v) is 25.2. The van der Waals surface area contributed by atoms with Crippen LogP contribution in [0.2, 0.25) is 29.6 Å². The third-order valence-corrected chi connectivity index (χ3v) is 15.3. The van der Waals surface area contributed by atoms with Gasteiger partial charge in [-0.25, -0.2) is 0 Å². The van der Waals surface area contributed by atoms with Crippen molar-refractivity contribution in [3.05, 3.63) is 59.7 Å². The molecular weight excluding hydrogens is 465 g/mol. The van der Waals surface area contributed by atoms with E-state index in [4.69, 9.17) is 9.24 Å². The Bertz CT molecular complexity index is 903. The van der Waals surface area contributed by atoms with E-state index in [2.05, 4.69) is 98.0 Å². The van der Waals surface area contributed by atoms with Crippen LogP contribution in [0.3, 0.4) is 0 Å². The van der Waals surface area contributed by atoms with Crippen molar-refractivity contribution in [2.45, 2.75) is 60.1 Å². The molecule has 0 radical (unpaired) electrons. The topological polar surface area (TPSA) is 21.3 Å². The van der Waals surface area contributed by atoms with Crippen LogP contribution >= 0.6 is 24.8 Å². The zero-order valence-corrected chi connectivity index (χ0v) is 23.7. The van der Waals surface area contributed by atoms with Gasteiger partial charge in [-0.3, -0.25) is 0 Å². The molecule has 0 unspecified atom stereocenters. The Balaban J connectivity index is 0.00000225. The number of fused-ring (bicyclic) bond motifs is 3. The Morgan fingerprint density at radius 2 is 1.37 bits per heavy atom. The van der Waals surface area contributed by atoms with E-state index in [1.54, 1.807) is 0 Å². The monoisotopic (exact) mass is 503 g/mol. The van der Waals surface area contributed by atoms with Gasteiger partial charge < -0.3 is 0 Å². The van der Waals surface area contributed by atoms with Gasteiger partial charge in [-0.1, -0.05) is 0 Å². The van der Waals surface area contributed by atoms with Crippen molar-refractivity contribution in [3.63, 3.8) is 0 Å². The number of nitrogens with one attached hydrogen (secondary N) is 1. The molecule has 3 rings (SSSR count). The summed E-state index contributed by atoms with van der Waals surface area (Å²) in [6.45, 7) is 14.4. The maximum absolute atomic E-state index is 6.35. The number of halogens is 2. The van der Waals surface area contributed by atoms with E-state index in [1.165, 1.54) is 22.3 Å². The summed E-state index contributed by atoms with van der Waals surface area (Å²) in [4.78, 5) is 5.10. The van der Waals surface area contributed by atoms with Crippen LogP contribution in [0, 0.1) is 0 Å². The van der Waals surface area contributed by atoms with E-state index in [1.807, 2.05) is 0 Å². The molecule has 168 valence electrons. The molecule has 2 aromatic rings. The fourth-order valence-corrected chi connectivity index (χ4v) is 15.2. The molecule has 0 heterocycles. The summed E-state index contributed by atoms with van der Waals surface area (Å²) >= 11 is -3.52. The van der Waals surface area contributed by atoms with Crippen molar-refractivity contribution < 1.29 is 19.5 Å². The molecule has 0 fully saturated rings. The first-order valence-electron chi connectivity index (χ1n) is 10.5. The molecule has 30 heavy (non-hydrogen) atoms. The van der Waals surface area contributed by atoms with Crippen molar-refractivity contribution >= 4 is 37.9 Å². The Morgan fingerprint density at radius 3 is 1.77 bits per heavy atom. The molecule has 0 atom stereocenters. The molecule has 6 heteroatoms. The molecule has 0 spiro atoms. The first-order chi connectivity index (χ1) is 12.8. The minimum absolute atomic E-state index is 0. The molecule has 0 saturated heterocycles. The van der Waals surface area contributed by atoms with Gasteiger partial charge >= 0.3 is 174 Å². The van der Waals surface area contributed by atoms with Gasteiger partial charge in [0, 0.05) is 0 Å². The van der Waals surface area contributed by atoms with E-state index in [0.717, 1.165) is 11.3 Å². The van der Waals surface area contributed by atoms with E-state index in [-0.39, 0.29) is 30.4 Å². The molecule has 2 aromatic carbocycles. The predicted molar refractivity (Wildman–Crippen MR) is 138 cm³/mol. The number of rotatable bonds is 6. The van der Waals surface area contributed by atoms with E-state index >= 15 is 0 Å². The molecule has 0 amide bonds. The summed E-state index contributed by atoms with van der Waals surface area (Å²) in [7, 11) is -1.56. The van der Waals surface area contributed by atoms with Gasteiger partial charge in [0.1, 0.15) is 0 Å². The molecular formula is C24H39Cl2NOSiTi. The molecule has 0 bridgehead atoms. The first kappa shape index (κ1) is 27.8. The van der Waals surface area contributed by atoms with E-state index in [0.29, 0.717) is 4.22 Å². The third kappa shape index (κ3) is 5.95. The normalized spacial score (nSPS) is 14.4. The second-order valence-electron chi connectivity index (χ2n) is 11.1. The maximum atomic E-state index is 6.35. The molecule has 1 N–H and O–H groups in total. The number of hydrogen-bond donors (Lipinski definition) is 1. The quantitative estimate of drug-likeness (QED) is 0.416. The number of benzene rings is 2. The Morgan fingerprint density at radius 1 is 0.933 bits per heavy atom. The molecule has 1 aliphatic rings. The molecule has 0 saturated carbocycles. The van der Waals surface area contributed by atoms with Gasteiger partial charge in [-0.05, 0) is 0 Å². The summed E-state index contributed by atoms with van der Waals surface area (Å²) in [5.74, 6) is 0. The summed E-state index contributed by atoms with van der Waals surface area (Å²) in [6, 6.07) is 17.9. The average molecular weight is 504 g/mol. The van der Waals surface area contributed by atoms with E-state index < -0.39 is 23.4 Å². The third-order valence-electron chi connectivity index (χ3n) is 5.76. The Hall–Kier alpha value is -0.259. The van der Waals surface area contributed by atoms with Gasteiger partial charge in [0.15, 0.2) is 0 Å². The van der Waals surface area contributed by atoms with Gasteiger partial charge in [0.25, 0.3) is 0 Å². The summed E-state index contributed by atoms with van der Waals surface area (Å²) in [6.07, 6.45) is 0. The summed E-state index contributed by atoms with van der Waals surface area (Å²) < 4.78 is 11.9. The fourth-order valence-electron chi connectivity index (χ4n) is 5.10. The Kier molecular flexibility index (Phi) is 8.62. The SMILES string of the molecule is Cl.Cl.[CH2]=[Ti]([CH3])([CH2]CO[Si](C)(C)C)([NH]C(C)(C)C)[CH]1c2ccccc2-c2ccccc21.